The topological polar surface area (TPSA) is 76.5 Å². The fourth-order valence-corrected chi connectivity index (χ4v) is 2.88. The first kappa shape index (κ1) is 17.7. The van der Waals surface area contributed by atoms with Gasteiger partial charge in [-0.1, -0.05) is 23.2 Å². The molecule has 1 aromatic carbocycles. The van der Waals surface area contributed by atoms with Crippen LogP contribution in [0.15, 0.2) is 35.1 Å². The summed E-state index contributed by atoms with van der Waals surface area (Å²) in [5, 5.41) is 7.72. The van der Waals surface area contributed by atoms with Crippen LogP contribution in [-0.2, 0) is 16.1 Å². The molecule has 3 rings (SSSR count). The van der Waals surface area contributed by atoms with Gasteiger partial charge in [0.1, 0.15) is 12.4 Å². The summed E-state index contributed by atoms with van der Waals surface area (Å²) in [6.07, 6.45) is 0. The molecule has 2 heterocycles. The smallest absolute Gasteiger partial charge is 0.267 e. The van der Waals surface area contributed by atoms with E-state index in [4.69, 9.17) is 27.9 Å². The Morgan fingerprint density at radius 2 is 1.96 bits per heavy atom. The highest BCUT2D eigenvalue weighted by molar-refractivity contribution is 6.36. The minimum absolute atomic E-state index is 0.212. The normalized spacial score (nSPS) is 14.4. The number of rotatable bonds is 4. The Kier molecular flexibility index (Phi) is 5.57. The number of morpholine rings is 1. The zero-order valence-electron chi connectivity index (χ0n) is 13.2. The van der Waals surface area contributed by atoms with Crippen LogP contribution in [0.2, 0.25) is 10.0 Å². The highest BCUT2D eigenvalue weighted by atomic mass is 35.5. The maximum absolute atomic E-state index is 12.2. The van der Waals surface area contributed by atoms with Gasteiger partial charge < -0.3 is 15.0 Å². The summed E-state index contributed by atoms with van der Waals surface area (Å²) in [4.78, 5) is 26.2. The standard InChI is InChI=1S/C16H16Cl2N4O3/c17-11-1-2-13(12(18)9-11)19-15(23)10-22-16(24)4-3-14(20-22)21-5-7-25-8-6-21/h1-4,9H,5-8,10H2,(H,19,23). The number of carbonyl (C=O) groups is 1. The van der Waals surface area contributed by atoms with E-state index in [1.165, 1.54) is 12.1 Å². The zero-order chi connectivity index (χ0) is 17.8. The van der Waals surface area contributed by atoms with Crippen LogP contribution in [0, 0.1) is 0 Å². The number of halogens is 2. The molecule has 1 N–H and O–H groups in total. The molecule has 1 aromatic heterocycles. The van der Waals surface area contributed by atoms with E-state index in [1.807, 2.05) is 4.90 Å². The number of hydrogen-bond donors (Lipinski definition) is 1. The summed E-state index contributed by atoms with van der Waals surface area (Å²) in [7, 11) is 0. The van der Waals surface area contributed by atoms with Gasteiger partial charge in [0.25, 0.3) is 5.56 Å². The monoisotopic (exact) mass is 382 g/mol. The van der Waals surface area contributed by atoms with Crippen LogP contribution in [0.5, 0.6) is 0 Å². The number of benzene rings is 1. The fourth-order valence-electron chi connectivity index (χ4n) is 2.43. The molecule has 7 nitrogen and oxygen atoms in total. The van der Waals surface area contributed by atoms with Gasteiger partial charge in [-0.05, 0) is 24.3 Å². The average Bonchev–Trinajstić information content (AvgIpc) is 2.60. The third-order valence-corrected chi connectivity index (χ3v) is 4.23. The second-order valence-corrected chi connectivity index (χ2v) is 6.30. The average molecular weight is 383 g/mol. The highest BCUT2D eigenvalue weighted by Crippen LogP contribution is 2.25. The van der Waals surface area contributed by atoms with Crippen LogP contribution in [0.1, 0.15) is 0 Å². The van der Waals surface area contributed by atoms with Gasteiger partial charge in [-0.2, -0.15) is 5.10 Å². The molecule has 1 aliphatic rings. The molecule has 9 heteroatoms. The van der Waals surface area contributed by atoms with Gasteiger partial charge in [0.15, 0.2) is 0 Å². The third kappa shape index (κ3) is 4.50. The molecular formula is C16H16Cl2N4O3. The number of aromatic nitrogens is 2. The van der Waals surface area contributed by atoms with Gasteiger partial charge in [0.05, 0.1) is 23.9 Å². The first-order valence-electron chi connectivity index (χ1n) is 7.69. The van der Waals surface area contributed by atoms with E-state index in [2.05, 4.69) is 10.4 Å². The number of carbonyl (C=O) groups excluding carboxylic acids is 1. The predicted molar refractivity (Wildman–Crippen MR) is 96.6 cm³/mol. The van der Waals surface area contributed by atoms with Crippen molar-refractivity contribution in [3.63, 3.8) is 0 Å². The second kappa shape index (κ2) is 7.86. The summed E-state index contributed by atoms with van der Waals surface area (Å²) >= 11 is 11.9. The molecule has 0 atom stereocenters. The maximum Gasteiger partial charge on any atom is 0.267 e. The van der Waals surface area contributed by atoms with Crippen molar-refractivity contribution in [2.75, 3.05) is 36.5 Å². The summed E-state index contributed by atoms with van der Waals surface area (Å²) in [6, 6.07) is 7.80. The van der Waals surface area contributed by atoms with Crippen molar-refractivity contribution in [1.82, 2.24) is 9.78 Å². The lowest BCUT2D eigenvalue weighted by Crippen LogP contribution is -2.38. The maximum atomic E-state index is 12.2. The molecule has 132 valence electrons. The molecular weight excluding hydrogens is 367 g/mol. The van der Waals surface area contributed by atoms with Gasteiger partial charge in [-0.3, -0.25) is 9.59 Å². The first-order valence-corrected chi connectivity index (χ1v) is 8.44. The molecule has 1 fully saturated rings. The van der Waals surface area contributed by atoms with Crippen molar-refractivity contribution in [2.45, 2.75) is 6.54 Å². The number of hydrogen-bond acceptors (Lipinski definition) is 5. The van der Waals surface area contributed by atoms with Gasteiger partial charge >= 0.3 is 0 Å². The van der Waals surface area contributed by atoms with Crippen LogP contribution in [0.25, 0.3) is 0 Å². The Morgan fingerprint density at radius 1 is 1.20 bits per heavy atom. The van der Waals surface area contributed by atoms with Crippen LogP contribution in [0.3, 0.4) is 0 Å². The van der Waals surface area contributed by atoms with Crippen molar-refractivity contribution < 1.29 is 9.53 Å². The molecule has 1 amide bonds. The van der Waals surface area contributed by atoms with Crippen molar-refractivity contribution in [2.24, 2.45) is 0 Å². The van der Waals surface area contributed by atoms with Crippen LogP contribution < -0.4 is 15.8 Å². The zero-order valence-corrected chi connectivity index (χ0v) is 14.8. The van der Waals surface area contributed by atoms with Gasteiger partial charge in [-0.15, -0.1) is 0 Å². The minimum atomic E-state index is -0.405. The largest absolute Gasteiger partial charge is 0.378 e. The molecule has 1 aliphatic heterocycles. The number of nitrogens with zero attached hydrogens (tertiary/aromatic N) is 3. The lowest BCUT2D eigenvalue weighted by molar-refractivity contribution is -0.117. The van der Waals surface area contributed by atoms with Crippen LogP contribution in [-0.4, -0.2) is 42.0 Å². The molecule has 1 saturated heterocycles. The molecule has 2 aromatic rings. The number of anilines is 2. The third-order valence-electron chi connectivity index (χ3n) is 3.69. The summed E-state index contributed by atoms with van der Waals surface area (Å²) in [5.41, 5.74) is 0.0720. The van der Waals surface area contributed by atoms with E-state index in [1.54, 1.807) is 18.2 Å². The summed E-state index contributed by atoms with van der Waals surface area (Å²) in [6.45, 7) is 2.39. The lowest BCUT2D eigenvalue weighted by Gasteiger charge is -2.27. The summed E-state index contributed by atoms with van der Waals surface area (Å²) in [5.74, 6) is 0.234. The van der Waals surface area contributed by atoms with Crippen molar-refractivity contribution >= 4 is 40.6 Å². The highest BCUT2D eigenvalue weighted by Gasteiger charge is 2.15. The molecule has 0 bridgehead atoms. The SMILES string of the molecule is O=C(Cn1nc(N2CCOCC2)ccc1=O)Nc1ccc(Cl)cc1Cl. The molecule has 0 spiro atoms. The Bertz CT molecular complexity index is 834. The number of ether oxygens (including phenoxy) is 1. The van der Waals surface area contributed by atoms with E-state index in [-0.39, 0.29) is 12.1 Å². The van der Waals surface area contributed by atoms with E-state index >= 15 is 0 Å². The number of nitrogens with one attached hydrogen (secondary N) is 1. The van der Waals surface area contributed by atoms with Crippen LogP contribution in [0.4, 0.5) is 11.5 Å². The van der Waals surface area contributed by atoms with Crippen molar-refractivity contribution in [3.8, 4) is 0 Å². The molecule has 25 heavy (non-hydrogen) atoms. The molecule has 0 saturated carbocycles. The van der Waals surface area contributed by atoms with E-state index in [0.29, 0.717) is 47.9 Å². The first-order chi connectivity index (χ1) is 12.0. The van der Waals surface area contributed by atoms with Crippen molar-refractivity contribution in [3.05, 3.63) is 50.7 Å². The van der Waals surface area contributed by atoms with E-state index < -0.39 is 5.91 Å². The van der Waals surface area contributed by atoms with E-state index in [0.717, 1.165) is 4.68 Å². The Balaban J connectivity index is 1.73. The van der Waals surface area contributed by atoms with Gasteiger partial charge in [0.2, 0.25) is 5.91 Å². The molecule has 0 aliphatic carbocycles. The van der Waals surface area contributed by atoms with E-state index in [9.17, 15) is 9.59 Å². The predicted octanol–water partition coefficient (Wildman–Crippen LogP) is 2.03. The second-order valence-electron chi connectivity index (χ2n) is 5.46. The molecule has 0 radical (unpaired) electrons. The molecule has 0 unspecified atom stereocenters. The minimum Gasteiger partial charge on any atom is -0.378 e. The Labute approximate surface area is 154 Å². The fraction of sp³-hybridized carbons (Fsp3) is 0.312. The summed E-state index contributed by atoms with van der Waals surface area (Å²) < 4.78 is 6.43. The van der Waals surface area contributed by atoms with Gasteiger partial charge in [-0.25, -0.2) is 4.68 Å². The van der Waals surface area contributed by atoms with Crippen molar-refractivity contribution in [1.29, 1.82) is 0 Å². The lowest BCUT2D eigenvalue weighted by atomic mass is 10.3. The van der Waals surface area contributed by atoms with Gasteiger partial charge in [0, 0.05) is 24.2 Å². The number of amides is 1. The quantitative estimate of drug-likeness (QED) is 0.875. The Hall–Kier alpha value is -2.09. The Morgan fingerprint density at radius 3 is 2.68 bits per heavy atom. The van der Waals surface area contributed by atoms with Crippen LogP contribution >= 0.6 is 23.2 Å².